The monoisotopic (exact) mass is 796 g/mol. The van der Waals surface area contributed by atoms with E-state index in [1.165, 1.54) is 49.1 Å². The number of imidazole rings is 2. The number of rotatable bonds is 2. The average Bonchev–Trinajstić information content (AvgIpc) is 3.60. The van der Waals surface area contributed by atoms with E-state index in [2.05, 4.69) is 155 Å². The summed E-state index contributed by atoms with van der Waals surface area (Å²) in [5.41, 5.74) is 9.85. The van der Waals surface area contributed by atoms with Gasteiger partial charge in [0.15, 0.2) is 0 Å². The third-order valence-electron chi connectivity index (χ3n) is 8.59. The summed E-state index contributed by atoms with van der Waals surface area (Å²) >= 11 is 0. The number of aromatic nitrogens is 4. The maximum atomic E-state index is 4.96. The van der Waals surface area contributed by atoms with E-state index in [-0.39, 0.29) is 30.9 Å². The standard InChI is InChI=1S/C21H22N2.C21H21N2.Ir/c2*1-14-9-10-19-18(11-14)16-7-5-6-8-17(16)20-22-15(13-23(19)20)12-21(2,3)4;/h5-11,13H,12H2,1-4H3;5-7,9-11,13H,12H2,1-4H3;/q;-1;. The maximum Gasteiger partial charge on any atom is 0.145 e. The molecule has 0 aliphatic rings. The van der Waals surface area contributed by atoms with Gasteiger partial charge in [0.2, 0.25) is 0 Å². The molecule has 5 heteroatoms. The van der Waals surface area contributed by atoms with Crippen LogP contribution in [0.4, 0.5) is 0 Å². The number of benzene rings is 4. The van der Waals surface area contributed by atoms with Gasteiger partial charge in [0.05, 0.1) is 16.9 Å². The summed E-state index contributed by atoms with van der Waals surface area (Å²) in [5.74, 6) is 0. The normalized spacial score (nSPS) is 12.3. The van der Waals surface area contributed by atoms with E-state index in [1.54, 1.807) is 0 Å². The zero-order chi connectivity index (χ0) is 32.4. The smallest absolute Gasteiger partial charge is 0.145 e. The summed E-state index contributed by atoms with van der Waals surface area (Å²) in [6.45, 7) is 17.8. The average molecular weight is 796 g/mol. The summed E-state index contributed by atoms with van der Waals surface area (Å²) < 4.78 is 4.49. The molecule has 0 aliphatic carbocycles. The number of fused-ring (bicyclic) bond motifs is 12. The molecule has 0 fully saturated rings. The molecule has 241 valence electrons. The van der Waals surface area contributed by atoms with Crippen molar-refractivity contribution in [3.05, 3.63) is 120 Å². The van der Waals surface area contributed by atoms with Crippen molar-refractivity contribution < 1.29 is 20.1 Å². The van der Waals surface area contributed by atoms with Crippen LogP contribution in [-0.4, -0.2) is 18.8 Å². The van der Waals surface area contributed by atoms with Crippen LogP contribution in [0.25, 0.3) is 54.6 Å². The Hall–Kier alpha value is -4.05. The molecule has 4 aromatic heterocycles. The Bertz CT molecular complexity index is 2240. The van der Waals surface area contributed by atoms with E-state index in [4.69, 9.17) is 9.97 Å². The topological polar surface area (TPSA) is 34.6 Å². The third-order valence-corrected chi connectivity index (χ3v) is 8.59. The molecule has 0 atom stereocenters. The van der Waals surface area contributed by atoms with Gasteiger partial charge in [-0.15, -0.1) is 29.7 Å². The van der Waals surface area contributed by atoms with E-state index in [0.717, 1.165) is 40.9 Å². The Balaban J connectivity index is 0.000000161. The molecule has 4 heterocycles. The van der Waals surface area contributed by atoms with Crippen LogP contribution < -0.4 is 0 Å². The minimum absolute atomic E-state index is 0. The number of nitrogens with zero attached hydrogens (tertiary/aromatic N) is 4. The van der Waals surface area contributed by atoms with Gasteiger partial charge in [-0.25, -0.2) is 4.98 Å². The van der Waals surface area contributed by atoms with Gasteiger partial charge in [0, 0.05) is 54.5 Å². The predicted octanol–water partition coefficient (Wildman–Crippen LogP) is 10.9. The molecule has 0 bridgehead atoms. The number of hydrogen-bond donors (Lipinski definition) is 0. The first-order valence-electron chi connectivity index (χ1n) is 16.3. The van der Waals surface area contributed by atoms with Gasteiger partial charge in [0.25, 0.3) is 0 Å². The van der Waals surface area contributed by atoms with Crippen molar-refractivity contribution in [3.8, 4) is 0 Å². The van der Waals surface area contributed by atoms with Crippen LogP contribution in [0.3, 0.4) is 0 Å². The second kappa shape index (κ2) is 12.2. The molecule has 0 saturated carbocycles. The van der Waals surface area contributed by atoms with E-state index >= 15 is 0 Å². The van der Waals surface area contributed by atoms with Crippen LogP contribution in [-0.2, 0) is 32.9 Å². The molecule has 0 saturated heterocycles. The minimum Gasteiger partial charge on any atom is -0.340 e. The number of hydrogen-bond acceptors (Lipinski definition) is 2. The van der Waals surface area contributed by atoms with Gasteiger partial charge in [-0.2, -0.15) is 0 Å². The molecule has 0 aliphatic heterocycles. The Labute approximate surface area is 291 Å². The molecule has 0 unspecified atom stereocenters. The van der Waals surface area contributed by atoms with E-state index in [1.807, 2.05) is 6.07 Å². The Morgan fingerprint density at radius 2 is 1.06 bits per heavy atom. The zero-order valence-electron chi connectivity index (χ0n) is 28.7. The number of aryl methyl sites for hydroxylation is 2. The van der Waals surface area contributed by atoms with E-state index in [0.29, 0.717) is 0 Å². The van der Waals surface area contributed by atoms with Crippen LogP contribution in [0, 0.1) is 30.7 Å². The summed E-state index contributed by atoms with van der Waals surface area (Å²) in [4.78, 5) is 9.89. The van der Waals surface area contributed by atoms with Crippen molar-refractivity contribution in [2.24, 2.45) is 10.8 Å². The molecule has 4 nitrogen and oxygen atoms in total. The van der Waals surface area contributed by atoms with E-state index in [9.17, 15) is 0 Å². The van der Waals surface area contributed by atoms with Gasteiger partial charge in [-0.1, -0.05) is 101 Å². The Kier molecular flexibility index (Phi) is 8.53. The molecule has 8 rings (SSSR count). The first-order valence-corrected chi connectivity index (χ1v) is 16.3. The van der Waals surface area contributed by atoms with Crippen LogP contribution in [0.15, 0.2) is 91.3 Å². The SMILES string of the molecule is Cc1ccc2c(c1)c1ccc[c-]c1c1nc(CC(C)(C)C)cn21.Cc1ccc2c(c1)c1ccccc1c1nc(CC(C)(C)C)cn21.[Ir]. The Morgan fingerprint density at radius 3 is 1.64 bits per heavy atom. The molecule has 8 aromatic rings. The summed E-state index contributed by atoms with van der Waals surface area (Å²) in [5, 5.41) is 7.41. The second-order valence-corrected chi connectivity index (χ2v) is 15.4. The van der Waals surface area contributed by atoms with Crippen molar-refractivity contribution >= 4 is 54.6 Å². The van der Waals surface area contributed by atoms with Crippen LogP contribution in [0.1, 0.15) is 64.1 Å². The van der Waals surface area contributed by atoms with Crippen molar-refractivity contribution in [2.45, 2.75) is 68.2 Å². The molecule has 0 spiro atoms. The fourth-order valence-electron chi connectivity index (χ4n) is 6.76. The van der Waals surface area contributed by atoms with Gasteiger partial charge < -0.3 is 4.40 Å². The van der Waals surface area contributed by atoms with Crippen LogP contribution in [0.5, 0.6) is 0 Å². The summed E-state index contributed by atoms with van der Waals surface area (Å²) in [7, 11) is 0. The van der Waals surface area contributed by atoms with Crippen molar-refractivity contribution in [1.29, 1.82) is 0 Å². The molecule has 1 radical (unpaired) electrons. The molecule has 47 heavy (non-hydrogen) atoms. The second-order valence-electron chi connectivity index (χ2n) is 15.4. The third kappa shape index (κ3) is 6.44. The summed E-state index contributed by atoms with van der Waals surface area (Å²) in [6.07, 6.45) is 6.36. The first-order chi connectivity index (χ1) is 21.8. The Morgan fingerprint density at radius 1 is 0.574 bits per heavy atom. The molecular formula is C42H43IrN4-. The van der Waals surface area contributed by atoms with E-state index < -0.39 is 0 Å². The fraction of sp³-hybridized carbons (Fsp3) is 0.286. The van der Waals surface area contributed by atoms with Crippen molar-refractivity contribution in [3.63, 3.8) is 0 Å². The quantitative estimate of drug-likeness (QED) is 0.129. The predicted molar refractivity (Wildman–Crippen MR) is 195 cm³/mol. The molecule has 4 aromatic carbocycles. The first kappa shape index (κ1) is 32.9. The molecule has 0 N–H and O–H groups in total. The van der Waals surface area contributed by atoms with Gasteiger partial charge >= 0.3 is 0 Å². The fourth-order valence-corrected chi connectivity index (χ4v) is 6.76. The maximum absolute atomic E-state index is 4.96. The van der Waals surface area contributed by atoms with Crippen molar-refractivity contribution in [1.82, 2.24) is 18.8 Å². The number of pyridine rings is 2. The largest absolute Gasteiger partial charge is 0.340 e. The zero-order valence-corrected chi connectivity index (χ0v) is 31.1. The van der Waals surface area contributed by atoms with Gasteiger partial charge in [-0.3, -0.25) is 9.38 Å². The van der Waals surface area contributed by atoms with Gasteiger partial charge in [-0.05, 0) is 66.5 Å². The van der Waals surface area contributed by atoms with Crippen molar-refractivity contribution in [2.75, 3.05) is 0 Å². The van der Waals surface area contributed by atoms with Crippen LogP contribution in [0.2, 0.25) is 0 Å². The van der Waals surface area contributed by atoms with Crippen LogP contribution >= 0.6 is 0 Å². The minimum atomic E-state index is 0. The molecular weight excluding hydrogens is 753 g/mol. The summed E-state index contributed by atoms with van der Waals surface area (Å²) in [6, 6.07) is 31.5. The molecule has 0 amide bonds. The van der Waals surface area contributed by atoms with Gasteiger partial charge in [0.1, 0.15) is 5.65 Å².